The van der Waals surface area contributed by atoms with E-state index in [0.29, 0.717) is 45.0 Å². The van der Waals surface area contributed by atoms with Crippen LogP contribution in [0.25, 0.3) is 5.78 Å². The first-order valence-corrected chi connectivity index (χ1v) is 11.0. The van der Waals surface area contributed by atoms with E-state index in [4.69, 9.17) is 4.74 Å². The van der Waals surface area contributed by atoms with E-state index in [2.05, 4.69) is 20.0 Å². The summed E-state index contributed by atoms with van der Waals surface area (Å²) in [4.78, 5) is 37.8. The number of aromatic nitrogens is 4. The number of amides is 1. The normalized spacial score (nSPS) is 14.1. The second-order valence-corrected chi connectivity index (χ2v) is 7.81. The van der Waals surface area contributed by atoms with Gasteiger partial charge in [0, 0.05) is 43.9 Å². The summed E-state index contributed by atoms with van der Waals surface area (Å²) in [5.74, 6) is 1.16. The highest BCUT2D eigenvalue weighted by Crippen LogP contribution is 2.25. The fraction of sp³-hybridized carbons (Fsp3) is 0.435. The highest BCUT2D eigenvalue weighted by atomic mass is 16.5. The summed E-state index contributed by atoms with van der Waals surface area (Å²) in [6.07, 6.45) is 2.82. The molecule has 3 heterocycles. The number of anilines is 1. The van der Waals surface area contributed by atoms with Crippen LogP contribution in [0.2, 0.25) is 0 Å². The van der Waals surface area contributed by atoms with Crippen molar-refractivity contribution in [3.05, 3.63) is 53.5 Å². The molecule has 0 radical (unpaired) electrons. The fourth-order valence-electron chi connectivity index (χ4n) is 4.08. The summed E-state index contributed by atoms with van der Waals surface area (Å²) in [6.45, 7) is 6.51. The molecule has 168 valence electrons. The Kier molecular flexibility index (Phi) is 6.63. The molecule has 0 saturated carbocycles. The Balaban J connectivity index is 1.47. The lowest BCUT2D eigenvalue weighted by Gasteiger charge is -2.37. The molecule has 1 aliphatic rings. The maximum atomic E-state index is 12.7. The Hall–Kier alpha value is -3.49. The summed E-state index contributed by atoms with van der Waals surface area (Å²) in [5, 5.41) is 4.33. The molecule has 0 atom stereocenters. The molecule has 32 heavy (non-hydrogen) atoms. The first-order chi connectivity index (χ1) is 15.6. The summed E-state index contributed by atoms with van der Waals surface area (Å²) in [7, 11) is 0. The van der Waals surface area contributed by atoms with Crippen LogP contribution < -0.4 is 4.90 Å². The Labute approximate surface area is 187 Å². The van der Waals surface area contributed by atoms with E-state index >= 15 is 0 Å². The van der Waals surface area contributed by atoms with E-state index in [1.165, 1.54) is 11.9 Å². The minimum Gasteiger partial charge on any atom is -0.466 e. The predicted molar refractivity (Wildman–Crippen MR) is 119 cm³/mol. The zero-order chi connectivity index (χ0) is 22.5. The van der Waals surface area contributed by atoms with Crippen molar-refractivity contribution in [1.82, 2.24) is 24.5 Å². The van der Waals surface area contributed by atoms with Gasteiger partial charge in [-0.1, -0.05) is 30.3 Å². The Morgan fingerprint density at radius 2 is 1.84 bits per heavy atom. The first kappa shape index (κ1) is 21.7. The van der Waals surface area contributed by atoms with Crippen LogP contribution in [0.1, 0.15) is 30.2 Å². The minimum atomic E-state index is -0.298. The quantitative estimate of drug-likeness (QED) is 0.522. The van der Waals surface area contributed by atoms with Crippen LogP contribution in [0, 0.1) is 6.92 Å². The van der Waals surface area contributed by atoms with E-state index in [1.54, 1.807) is 11.4 Å². The van der Waals surface area contributed by atoms with Crippen LogP contribution in [0.4, 0.5) is 5.82 Å². The summed E-state index contributed by atoms with van der Waals surface area (Å²) < 4.78 is 6.84. The average Bonchev–Trinajstić information content (AvgIpc) is 3.27. The molecule has 0 N–H and O–H groups in total. The topological polar surface area (TPSA) is 92.9 Å². The van der Waals surface area contributed by atoms with Gasteiger partial charge in [0.05, 0.1) is 13.0 Å². The van der Waals surface area contributed by atoms with Gasteiger partial charge < -0.3 is 14.5 Å². The van der Waals surface area contributed by atoms with Gasteiger partial charge in [-0.15, -0.1) is 0 Å². The van der Waals surface area contributed by atoms with Crippen LogP contribution in [0.15, 0.2) is 36.7 Å². The molecule has 2 aromatic heterocycles. The van der Waals surface area contributed by atoms with Gasteiger partial charge in [0.15, 0.2) is 0 Å². The van der Waals surface area contributed by atoms with Crippen molar-refractivity contribution in [3.8, 4) is 0 Å². The standard InChI is InChI=1S/C23H28N6O3/c1-3-32-21(31)15-19-17(2)26-23-24-16-25-29(23)22(19)28-13-11-27(12-14-28)20(30)10-9-18-7-5-4-6-8-18/h4-8,16H,3,9-15H2,1-2H3. The van der Waals surface area contributed by atoms with Crippen molar-refractivity contribution in [3.63, 3.8) is 0 Å². The summed E-state index contributed by atoms with van der Waals surface area (Å²) in [6, 6.07) is 10.1. The smallest absolute Gasteiger partial charge is 0.310 e. The third-order valence-electron chi connectivity index (χ3n) is 5.73. The molecule has 1 saturated heterocycles. The monoisotopic (exact) mass is 436 g/mol. The first-order valence-electron chi connectivity index (χ1n) is 11.0. The number of carbonyl (C=O) groups is 2. The lowest BCUT2D eigenvalue weighted by atomic mass is 10.1. The molecule has 0 spiro atoms. The highest BCUT2D eigenvalue weighted by Gasteiger charge is 2.27. The largest absolute Gasteiger partial charge is 0.466 e. The number of benzene rings is 1. The molecular weight excluding hydrogens is 408 g/mol. The van der Waals surface area contributed by atoms with Crippen molar-refractivity contribution in [1.29, 1.82) is 0 Å². The van der Waals surface area contributed by atoms with Crippen LogP contribution in [-0.4, -0.2) is 69.1 Å². The van der Waals surface area contributed by atoms with E-state index in [-0.39, 0.29) is 18.3 Å². The van der Waals surface area contributed by atoms with Crippen molar-refractivity contribution >= 4 is 23.5 Å². The van der Waals surface area contributed by atoms with Crippen molar-refractivity contribution in [2.45, 2.75) is 33.1 Å². The molecule has 9 nitrogen and oxygen atoms in total. The molecule has 1 fully saturated rings. The second-order valence-electron chi connectivity index (χ2n) is 7.81. The molecule has 1 aromatic carbocycles. The zero-order valence-corrected chi connectivity index (χ0v) is 18.5. The molecule has 0 bridgehead atoms. The Bertz CT molecular complexity index is 1090. The number of aryl methyl sites for hydroxylation is 2. The van der Waals surface area contributed by atoms with Gasteiger partial charge in [0.25, 0.3) is 5.78 Å². The van der Waals surface area contributed by atoms with E-state index in [9.17, 15) is 9.59 Å². The van der Waals surface area contributed by atoms with Crippen molar-refractivity contribution < 1.29 is 14.3 Å². The maximum Gasteiger partial charge on any atom is 0.310 e. The molecule has 4 rings (SSSR count). The number of hydrogen-bond acceptors (Lipinski definition) is 7. The van der Waals surface area contributed by atoms with E-state index < -0.39 is 0 Å². The van der Waals surface area contributed by atoms with Gasteiger partial charge in [0.1, 0.15) is 12.1 Å². The van der Waals surface area contributed by atoms with Gasteiger partial charge in [-0.05, 0) is 25.8 Å². The van der Waals surface area contributed by atoms with Crippen LogP contribution >= 0.6 is 0 Å². The predicted octanol–water partition coefficient (Wildman–Crippen LogP) is 1.82. The average molecular weight is 437 g/mol. The van der Waals surface area contributed by atoms with Gasteiger partial charge in [0.2, 0.25) is 5.91 Å². The number of ether oxygens (including phenoxy) is 1. The van der Waals surface area contributed by atoms with Gasteiger partial charge in [-0.3, -0.25) is 9.59 Å². The third-order valence-corrected chi connectivity index (χ3v) is 5.73. The molecular formula is C23H28N6O3. The highest BCUT2D eigenvalue weighted by molar-refractivity contribution is 5.77. The molecule has 1 amide bonds. The van der Waals surface area contributed by atoms with Gasteiger partial charge >= 0.3 is 5.97 Å². The molecule has 3 aromatic rings. The lowest BCUT2D eigenvalue weighted by molar-refractivity contribution is -0.142. The SMILES string of the molecule is CCOC(=O)Cc1c(C)nc2ncnn2c1N1CCN(C(=O)CCc2ccccc2)CC1. The number of nitrogens with zero attached hydrogens (tertiary/aromatic N) is 6. The third kappa shape index (κ3) is 4.71. The lowest BCUT2D eigenvalue weighted by Crippen LogP contribution is -2.49. The second kappa shape index (κ2) is 9.76. The minimum absolute atomic E-state index is 0.119. The number of hydrogen-bond donors (Lipinski definition) is 0. The van der Waals surface area contributed by atoms with Crippen molar-refractivity contribution in [2.75, 3.05) is 37.7 Å². The van der Waals surface area contributed by atoms with Crippen molar-refractivity contribution in [2.24, 2.45) is 0 Å². The van der Waals surface area contributed by atoms with Crippen LogP contribution in [0.5, 0.6) is 0 Å². The number of carbonyl (C=O) groups excluding carboxylic acids is 2. The Morgan fingerprint density at radius 1 is 1.09 bits per heavy atom. The zero-order valence-electron chi connectivity index (χ0n) is 18.5. The Morgan fingerprint density at radius 3 is 2.56 bits per heavy atom. The van der Waals surface area contributed by atoms with Crippen LogP contribution in [-0.2, 0) is 27.2 Å². The number of fused-ring (bicyclic) bond motifs is 1. The molecule has 0 unspecified atom stereocenters. The van der Waals surface area contributed by atoms with Crippen LogP contribution in [0.3, 0.4) is 0 Å². The van der Waals surface area contributed by atoms with E-state index in [1.807, 2.05) is 42.2 Å². The van der Waals surface area contributed by atoms with Gasteiger partial charge in [-0.25, -0.2) is 4.98 Å². The van der Waals surface area contributed by atoms with Gasteiger partial charge in [-0.2, -0.15) is 14.6 Å². The number of piperazine rings is 1. The van der Waals surface area contributed by atoms with E-state index in [0.717, 1.165) is 23.5 Å². The molecule has 9 heteroatoms. The summed E-state index contributed by atoms with van der Waals surface area (Å²) in [5.41, 5.74) is 2.68. The number of rotatable bonds is 7. The summed E-state index contributed by atoms with van der Waals surface area (Å²) >= 11 is 0. The fourth-order valence-corrected chi connectivity index (χ4v) is 4.08. The number of esters is 1. The molecule has 0 aliphatic carbocycles. The molecule has 1 aliphatic heterocycles. The maximum absolute atomic E-state index is 12.7.